The molecule has 2 aromatic carbocycles. The second kappa shape index (κ2) is 8.63. The summed E-state index contributed by atoms with van der Waals surface area (Å²) < 4.78 is 13.3. The van der Waals surface area contributed by atoms with Crippen LogP contribution in [0.2, 0.25) is 0 Å². The van der Waals surface area contributed by atoms with E-state index in [1.807, 2.05) is 45.9 Å². The molecular weight excluding hydrogens is 412 g/mol. The molecule has 0 aliphatic carbocycles. The lowest BCUT2D eigenvalue weighted by molar-refractivity contribution is -0.129. The maximum atomic E-state index is 13.1. The Hall–Kier alpha value is -3.00. The summed E-state index contributed by atoms with van der Waals surface area (Å²) in [4.78, 5) is 15.1. The van der Waals surface area contributed by atoms with Crippen LogP contribution in [0, 0.1) is 6.92 Å². The first-order chi connectivity index (χ1) is 15.2. The molecule has 1 saturated heterocycles. The van der Waals surface area contributed by atoms with E-state index in [0.29, 0.717) is 19.0 Å². The number of rotatable bonds is 5. The number of ether oxygens (including phenoxy) is 2. The Morgan fingerprint density at radius 2 is 2.00 bits per heavy atom. The number of benzene rings is 2. The summed E-state index contributed by atoms with van der Waals surface area (Å²) in [6, 6.07) is 14.2. The van der Waals surface area contributed by atoms with Crippen LogP contribution in [-0.4, -0.2) is 51.1 Å². The summed E-state index contributed by atoms with van der Waals surface area (Å²) in [5.74, 6) is 1.98. The van der Waals surface area contributed by atoms with Gasteiger partial charge in [0, 0.05) is 6.54 Å². The van der Waals surface area contributed by atoms with Crippen molar-refractivity contribution < 1.29 is 14.3 Å². The number of aryl methyl sites for hydroxylation is 1. The smallest absolute Gasteiger partial charge is 0.233 e. The van der Waals surface area contributed by atoms with Gasteiger partial charge in [0.05, 0.1) is 17.5 Å². The quantitative estimate of drug-likeness (QED) is 0.567. The minimum atomic E-state index is 0.0677. The van der Waals surface area contributed by atoms with Crippen molar-refractivity contribution in [2.45, 2.75) is 31.0 Å². The van der Waals surface area contributed by atoms with Crippen LogP contribution in [0.4, 0.5) is 0 Å². The number of thioether (sulfide) groups is 1. The van der Waals surface area contributed by atoms with Gasteiger partial charge in [0.15, 0.2) is 16.7 Å². The van der Waals surface area contributed by atoms with Gasteiger partial charge >= 0.3 is 0 Å². The fraction of sp³-hybridized carbons (Fsp3) is 0.348. The third-order valence-electron chi connectivity index (χ3n) is 5.74. The molecule has 0 N–H and O–H groups in total. The molecule has 3 aromatic rings. The Morgan fingerprint density at radius 3 is 2.87 bits per heavy atom. The Bertz CT molecular complexity index is 1100. The van der Waals surface area contributed by atoms with E-state index in [9.17, 15) is 4.79 Å². The lowest BCUT2D eigenvalue weighted by Gasteiger charge is -2.26. The third kappa shape index (κ3) is 3.99. The summed E-state index contributed by atoms with van der Waals surface area (Å²) in [7, 11) is 0. The lowest BCUT2D eigenvalue weighted by atomic mass is 10.0. The highest BCUT2D eigenvalue weighted by molar-refractivity contribution is 7.99. The fourth-order valence-electron chi connectivity index (χ4n) is 4.21. The van der Waals surface area contributed by atoms with Crippen LogP contribution in [-0.2, 0) is 4.79 Å². The average molecular weight is 437 g/mol. The first-order valence-electron chi connectivity index (χ1n) is 10.5. The van der Waals surface area contributed by atoms with Crippen molar-refractivity contribution in [1.29, 1.82) is 0 Å². The number of likely N-dealkylation sites (tertiary alicyclic amines) is 1. The maximum absolute atomic E-state index is 13.1. The predicted molar refractivity (Wildman–Crippen MR) is 118 cm³/mol. The summed E-state index contributed by atoms with van der Waals surface area (Å²) in [6.07, 6.45) is 3.65. The van der Waals surface area contributed by atoms with E-state index in [1.54, 1.807) is 6.33 Å². The van der Waals surface area contributed by atoms with Crippen molar-refractivity contribution in [1.82, 2.24) is 19.7 Å². The standard InChI is InChI=1S/C23H24N4O3S/c1-16-5-2-3-6-18(16)27-15-24-25-23(27)31-14-22(28)26-10-4-7-19(26)17-8-9-20-21(13-17)30-12-11-29-20/h2-3,5-6,8-9,13,15,19H,4,7,10-12,14H2,1H3. The molecular formula is C23H24N4O3S. The molecule has 1 unspecified atom stereocenters. The van der Waals surface area contributed by atoms with Gasteiger partial charge in [-0.3, -0.25) is 9.36 Å². The summed E-state index contributed by atoms with van der Waals surface area (Å²) >= 11 is 1.43. The van der Waals surface area contributed by atoms with E-state index >= 15 is 0 Å². The van der Waals surface area contributed by atoms with Crippen molar-refractivity contribution in [2.24, 2.45) is 0 Å². The molecule has 0 spiro atoms. The third-order valence-corrected chi connectivity index (χ3v) is 6.67. The maximum Gasteiger partial charge on any atom is 0.233 e. The number of para-hydroxylation sites is 1. The molecule has 31 heavy (non-hydrogen) atoms. The van der Waals surface area contributed by atoms with Crippen LogP contribution >= 0.6 is 11.8 Å². The molecule has 0 saturated carbocycles. The van der Waals surface area contributed by atoms with E-state index in [4.69, 9.17) is 9.47 Å². The minimum absolute atomic E-state index is 0.0677. The molecule has 1 amide bonds. The number of hydrogen-bond acceptors (Lipinski definition) is 6. The van der Waals surface area contributed by atoms with Gasteiger partial charge in [0.25, 0.3) is 0 Å². The number of amides is 1. The van der Waals surface area contributed by atoms with Crippen LogP contribution in [0.5, 0.6) is 11.5 Å². The Labute approximate surface area is 185 Å². The summed E-state index contributed by atoms with van der Waals surface area (Å²) in [5, 5.41) is 9.01. The molecule has 160 valence electrons. The van der Waals surface area contributed by atoms with Gasteiger partial charge in [-0.05, 0) is 49.1 Å². The van der Waals surface area contributed by atoms with E-state index in [0.717, 1.165) is 52.9 Å². The normalized spacial score (nSPS) is 17.7. The highest BCUT2D eigenvalue weighted by Crippen LogP contribution is 2.38. The molecule has 1 aromatic heterocycles. The van der Waals surface area contributed by atoms with E-state index in [2.05, 4.69) is 23.2 Å². The number of fused-ring (bicyclic) bond motifs is 1. The second-order valence-corrected chi connectivity index (χ2v) is 8.65. The molecule has 3 heterocycles. The van der Waals surface area contributed by atoms with E-state index < -0.39 is 0 Å². The molecule has 2 aliphatic heterocycles. The zero-order valence-corrected chi connectivity index (χ0v) is 18.2. The van der Waals surface area contributed by atoms with Crippen molar-refractivity contribution >= 4 is 17.7 Å². The molecule has 5 rings (SSSR count). The van der Waals surface area contributed by atoms with Gasteiger partial charge < -0.3 is 14.4 Å². The van der Waals surface area contributed by atoms with Gasteiger partial charge in [-0.25, -0.2) is 0 Å². The lowest BCUT2D eigenvalue weighted by Crippen LogP contribution is -2.32. The Kier molecular flexibility index (Phi) is 5.55. The number of carbonyl (C=O) groups excluding carboxylic acids is 1. The van der Waals surface area contributed by atoms with Crippen molar-refractivity contribution in [2.75, 3.05) is 25.5 Å². The molecule has 1 atom stereocenters. The monoisotopic (exact) mass is 436 g/mol. The van der Waals surface area contributed by atoms with Gasteiger partial charge in [-0.2, -0.15) is 0 Å². The Morgan fingerprint density at radius 1 is 1.16 bits per heavy atom. The van der Waals surface area contributed by atoms with E-state index in [1.165, 1.54) is 11.8 Å². The van der Waals surface area contributed by atoms with Gasteiger partial charge in [-0.15, -0.1) is 10.2 Å². The van der Waals surface area contributed by atoms with Crippen molar-refractivity contribution in [3.05, 3.63) is 59.9 Å². The van der Waals surface area contributed by atoms with Gasteiger partial charge in [0.1, 0.15) is 19.5 Å². The van der Waals surface area contributed by atoms with E-state index in [-0.39, 0.29) is 11.9 Å². The fourth-order valence-corrected chi connectivity index (χ4v) is 5.02. The first kappa shape index (κ1) is 19.9. The molecule has 0 radical (unpaired) electrons. The summed E-state index contributed by atoms with van der Waals surface area (Å²) in [6.45, 7) is 3.95. The Balaban J connectivity index is 1.29. The molecule has 2 aliphatic rings. The first-order valence-corrected chi connectivity index (χ1v) is 11.5. The zero-order chi connectivity index (χ0) is 21.2. The highest BCUT2D eigenvalue weighted by atomic mass is 32.2. The molecule has 7 nitrogen and oxygen atoms in total. The zero-order valence-electron chi connectivity index (χ0n) is 17.4. The molecule has 0 bridgehead atoms. The van der Waals surface area contributed by atoms with Crippen LogP contribution < -0.4 is 9.47 Å². The summed E-state index contributed by atoms with van der Waals surface area (Å²) in [5.41, 5.74) is 3.26. The van der Waals surface area contributed by atoms with Gasteiger partial charge in [-0.1, -0.05) is 36.0 Å². The molecule has 1 fully saturated rings. The highest BCUT2D eigenvalue weighted by Gasteiger charge is 2.31. The van der Waals surface area contributed by atoms with Crippen molar-refractivity contribution in [3.8, 4) is 17.2 Å². The van der Waals surface area contributed by atoms with Gasteiger partial charge in [0.2, 0.25) is 5.91 Å². The number of carbonyl (C=O) groups is 1. The number of nitrogens with zero attached hydrogens (tertiary/aromatic N) is 4. The average Bonchev–Trinajstić information content (AvgIpc) is 3.47. The number of hydrogen-bond donors (Lipinski definition) is 0. The SMILES string of the molecule is Cc1ccccc1-n1cnnc1SCC(=O)N1CCCC1c1ccc2c(c1)OCCO2. The van der Waals surface area contributed by atoms with Crippen LogP contribution in [0.1, 0.15) is 30.0 Å². The second-order valence-electron chi connectivity index (χ2n) is 7.71. The number of aromatic nitrogens is 3. The predicted octanol–water partition coefficient (Wildman–Crippen LogP) is 3.80. The topological polar surface area (TPSA) is 69.5 Å². The largest absolute Gasteiger partial charge is 0.486 e. The molecule has 8 heteroatoms. The van der Waals surface area contributed by atoms with Crippen LogP contribution in [0.25, 0.3) is 5.69 Å². The van der Waals surface area contributed by atoms with Crippen LogP contribution in [0.15, 0.2) is 53.9 Å². The van der Waals surface area contributed by atoms with Crippen molar-refractivity contribution in [3.63, 3.8) is 0 Å². The minimum Gasteiger partial charge on any atom is -0.486 e. The van der Waals surface area contributed by atoms with Crippen LogP contribution in [0.3, 0.4) is 0 Å².